The number of halogens is 1. The molecule has 0 aliphatic heterocycles. The van der Waals surface area contributed by atoms with Crippen molar-refractivity contribution in [3.8, 4) is 0 Å². The fourth-order valence-corrected chi connectivity index (χ4v) is 3.04. The number of nitrogens with one attached hydrogen (secondary N) is 1. The summed E-state index contributed by atoms with van der Waals surface area (Å²) in [6.45, 7) is 6.06. The van der Waals surface area contributed by atoms with Crippen LogP contribution in [0, 0.1) is 5.82 Å². The van der Waals surface area contributed by atoms with Gasteiger partial charge in [-0.25, -0.2) is 27.5 Å². The molecule has 1 heterocycles. The van der Waals surface area contributed by atoms with Gasteiger partial charge in [-0.15, -0.1) is 0 Å². The zero-order valence-corrected chi connectivity index (χ0v) is 13.5. The number of rotatable bonds is 4. The van der Waals surface area contributed by atoms with Gasteiger partial charge in [0.2, 0.25) is 10.0 Å². The Bertz CT molecular complexity index is 753. The van der Waals surface area contributed by atoms with Crippen LogP contribution >= 0.6 is 0 Å². The molecule has 118 valence electrons. The van der Waals surface area contributed by atoms with Crippen molar-refractivity contribution in [2.45, 2.75) is 37.6 Å². The van der Waals surface area contributed by atoms with E-state index < -0.39 is 15.8 Å². The molecule has 0 radical (unpaired) electrons. The molecule has 0 bridgehead atoms. The van der Waals surface area contributed by atoms with Gasteiger partial charge in [-0.05, 0) is 24.3 Å². The highest BCUT2D eigenvalue weighted by Crippen LogP contribution is 2.23. The maximum Gasteiger partial charge on any atom is 0.240 e. The normalized spacial score (nSPS) is 12.4. The van der Waals surface area contributed by atoms with Gasteiger partial charge < -0.3 is 0 Å². The molecule has 0 aliphatic rings. The number of hydrogen-bond donors (Lipinski definition) is 1. The lowest BCUT2D eigenvalue weighted by atomic mass is 9.89. The first-order valence-electron chi connectivity index (χ1n) is 6.75. The van der Waals surface area contributed by atoms with E-state index in [2.05, 4.69) is 14.7 Å². The fourth-order valence-electron chi connectivity index (χ4n) is 2.03. The first kappa shape index (κ1) is 16.5. The Morgan fingerprint density at radius 3 is 2.41 bits per heavy atom. The average molecular weight is 323 g/mol. The van der Waals surface area contributed by atoms with Crippen LogP contribution in [0.2, 0.25) is 0 Å². The van der Waals surface area contributed by atoms with Crippen molar-refractivity contribution in [3.63, 3.8) is 0 Å². The zero-order valence-electron chi connectivity index (χ0n) is 12.7. The Morgan fingerprint density at radius 2 is 1.82 bits per heavy atom. The topological polar surface area (TPSA) is 72.0 Å². The van der Waals surface area contributed by atoms with Crippen LogP contribution in [-0.2, 0) is 22.0 Å². The summed E-state index contributed by atoms with van der Waals surface area (Å²) in [7, 11) is -3.71. The molecule has 1 aromatic heterocycles. The highest BCUT2D eigenvalue weighted by molar-refractivity contribution is 7.89. The van der Waals surface area contributed by atoms with E-state index in [1.807, 2.05) is 20.8 Å². The molecule has 0 aliphatic carbocycles. The Hall–Kier alpha value is -1.86. The van der Waals surface area contributed by atoms with Crippen LogP contribution in [-0.4, -0.2) is 18.4 Å². The van der Waals surface area contributed by atoms with Gasteiger partial charge in [0.15, 0.2) is 0 Å². The highest BCUT2D eigenvalue weighted by atomic mass is 32.2. The molecule has 22 heavy (non-hydrogen) atoms. The SMILES string of the molecule is CC(C)(C)c1ncncc1CNS(=O)(=O)c1ccc(F)cc1. The zero-order chi connectivity index (χ0) is 16.4. The third-order valence-corrected chi connectivity index (χ3v) is 4.49. The van der Waals surface area contributed by atoms with Crippen LogP contribution in [0.4, 0.5) is 4.39 Å². The van der Waals surface area contributed by atoms with Gasteiger partial charge in [0.05, 0.1) is 10.6 Å². The van der Waals surface area contributed by atoms with Crippen LogP contribution < -0.4 is 4.72 Å². The Labute approximate surface area is 129 Å². The number of nitrogens with zero attached hydrogens (tertiary/aromatic N) is 2. The van der Waals surface area contributed by atoms with Crippen molar-refractivity contribution in [2.75, 3.05) is 0 Å². The minimum absolute atomic E-state index is 0.0167. The molecule has 5 nitrogen and oxygen atoms in total. The van der Waals surface area contributed by atoms with Gasteiger partial charge in [-0.3, -0.25) is 0 Å². The molecule has 0 fully saturated rings. The molecular weight excluding hydrogens is 305 g/mol. The summed E-state index contributed by atoms with van der Waals surface area (Å²) < 4.78 is 39.8. The number of hydrogen-bond acceptors (Lipinski definition) is 4. The largest absolute Gasteiger partial charge is 0.244 e. The molecule has 1 aromatic carbocycles. The van der Waals surface area contributed by atoms with Gasteiger partial charge in [0, 0.05) is 23.7 Å². The predicted molar refractivity (Wildman–Crippen MR) is 81.2 cm³/mol. The standard InChI is InChI=1S/C15H18FN3O2S/c1-15(2,3)14-11(8-17-10-18-14)9-19-22(20,21)13-6-4-12(16)5-7-13/h4-8,10,19H,9H2,1-3H3. The predicted octanol–water partition coefficient (Wildman–Crippen LogP) is 2.39. The highest BCUT2D eigenvalue weighted by Gasteiger charge is 2.21. The summed E-state index contributed by atoms with van der Waals surface area (Å²) in [5, 5.41) is 0. The van der Waals surface area contributed by atoms with E-state index in [9.17, 15) is 12.8 Å². The summed E-state index contributed by atoms with van der Waals surface area (Å²) in [6.07, 6.45) is 3.04. The first-order valence-corrected chi connectivity index (χ1v) is 8.23. The number of sulfonamides is 1. The Balaban J connectivity index is 2.22. The quantitative estimate of drug-likeness (QED) is 0.938. The third kappa shape index (κ3) is 3.86. The second-order valence-electron chi connectivity index (χ2n) is 5.93. The van der Waals surface area contributed by atoms with Crippen molar-refractivity contribution in [3.05, 3.63) is 53.9 Å². The molecule has 1 N–H and O–H groups in total. The van der Waals surface area contributed by atoms with Crippen LogP contribution in [0.15, 0.2) is 41.7 Å². The average Bonchev–Trinajstić information content (AvgIpc) is 2.45. The lowest BCUT2D eigenvalue weighted by Crippen LogP contribution is -2.26. The second-order valence-corrected chi connectivity index (χ2v) is 7.69. The second kappa shape index (κ2) is 6.10. The molecule has 2 rings (SSSR count). The maximum absolute atomic E-state index is 12.9. The van der Waals surface area contributed by atoms with Gasteiger partial charge in [-0.2, -0.15) is 0 Å². The number of benzene rings is 1. The van der Waals surface area contributed by atoms with E-state index in [1.54, 1.807) is 6.20 Å². The molecular formula is C15H18FN3O2S. The van der Waals surface area contributed by atoms with E-state index in [0.29, 0.717) is 5.56 Å². The van der Waals surface area contributed by atoms with E-state index in [4.69, 9.17) is 0 Å². The van der Waals surface area contributed by atoms with Crippen LogP contribution in [0.25, 0.3) is 0 Å². The summed E-state index contributed by atoms with van der Waals surface area (Å²) >= 11 is 0. The lowest BCUT2D eigenvalue weighted by molar-refractivity contribution is 0.551. The lowest BCUT2D eigenvalue weighted by Gasteiger charge is -2.21. The summed E-state index contributed by atoms with van der Waals surface area (Å²) in [5.41, 5.74) is 1.27. The van der Waals surface area contributed by atoms with Crippen molar-refractivity contribution >= 4 is 10.0 Å². The Kier molecular flexibility index (Phi) is 4.58. The van der Waals surface area contributed by atoms with Gasteiger partial charge in [0.25, 0.3) is 0 Å². The minimum Gasteiger partial charge on any atom is -0.244 e. The number of aromatic nitrogens is 2. The summed E-state index contributed by atoms with van der Waals surface area (Å²) in [6, 6.07) is 4.68. The van der Waals surface area contributed by atoms with Crippen LogP contribution in [0.3, 0.4) is 0 Å². The van der Waals surface area contributed by atoms with Gasteiger partial charge >= 0.3 is 0 Å². The molecule has 7 heteroatoms. The maximum atomic E-state index is 12.9. The van der Waals surface area contributed by atoms with E-state index in [1.165, 1.54) is 18.5 Å². The molecule has 2 aromatic rings. The molecule has 0 unspecified atom stereocenters. The minimum atomic E-state index is -3.71. The molecule has 0 spiro atoms. The van der Waals surface area contributed by atoms with Crippen molar-refractivity contribution in [1.29, 1.82) is 0 Å². The van der Waals surface area contributed by atoms with Crippen LogP contribution in [0.5, 0.6) is 0 Å². The van der Waals surface area contributed by atoms with Gasteiger partial charge in [0.1, 0.15) is 12.1 Å². The molecule has 0 atom stereocenters. The summed E-state index contributed by atoms with van der Waals surface area (Å²) in [4.78, 5) is 8.20. The van der Waals surface area contributed by atoms with E-state index >= 15 is 0 Å². The van der Waals surface area contributed by atoms with Crippen molar-refractivity contribution in [2.24, 2.45) is 0 Å². The van der Waals surface area contributed by atoms with Crippen molar-refractivity contribution in [1.82, 2.24) is 14.7 Å². The molecule has 0 amide bonds. The molecule has 0 saturated heterocycles. The monoisotopic (exact) mass is 323 g/mol. The smallest absolute Gasteiger partial charge is 0.240 e. The third-order valence-electron chi connectivity index (χ3n) is 3.08. The van der Waals surface area contributed by atoms with E-state index in [-0.39, 0.29) is 16.9 Å². The van der Waals surface area contributed by atoms with Crippen LogP contribution in [0.1, 0.15) is 32.0 Å². The van der Waals surface area contributed by atoms with Crippen molar-refractivity contribution < 1.29 is 12.8 Å². The molecule has 0 saturated carbocycles. The summed E-state index contributed by atoms with van der Waals surface area (Å²) in [5.74, 6) is -0.481. The Morgan fingerprint density at radius 1 is 1.18 bits per heavy atom. The van der Waals surface area contributed by atoms with E-state index in [0.717, 1.165) is 17.8 Å². The fraction of sp³-hybridized carbons (Fsp3) is 0.333. The first-order chi connectivity index (χ1) is 10.2. The van der Waals surface area contributed by atoms with Gasteiger partial charge in [-0.1, -0.05) is 20.8 Å².